The van der Waals surface area contributed by atoms with E-state index in [1.165, 1.54) is 17.0 Å². The summed E-state index contributed by atoms with van der Waals surface area (Å²) in [5, 5.41) is 8.98. The van der Waals surface area contributed by atoms with E-state index in [1.54, 1.807) is 25.2 Å². The Hall–Kier alpha value is -2.97. The third kappa shape index (κ3) is 4.07. The van der Waals surface area contributed by atoms with Gasteiger partial charge in [-0.15, -0.1) is 0 Å². The number of nitrogens with two attached hydrogens (primary N) is 1. The maximum absolute atomic E-state index is 12.7. The molecule has 7 nitrogen and oxygen atoms in total. The lowest BCUT2D eigenvalue weighted by molar-refractivity contribution is 0.0732. The van der Waals surface area contributed by atoms with Crippen molar-refractivity contribution in [3.8, 4) is 11.3 Å². The van der Waals surface area contributed by atoms with Crippen molar-refractivity contribution < 1.29 is 17.7 Å². The summed E-state index contributed by atoms with van der Waals surface area (Å²) in [5.74, 6) is 0.210. The Balaban J connectivity index is 1.78. The molecule has 0 saturated carbocycles. The van der Waals surface area contributed by atoms with Crippen LogP contribution in [0.25, 0.3) is 11.3 Å². The van der Waals surface area contributed by atoms with Crippen molar-refractivity contribution in [1.82, 2.24) is 10.1 Å². The van der Waals surface area contributed by atoms with E-state index in [4.69, 9.17) is 9.66 Å². The second kappa shape index (κ2) is 7.34. The molecule has 1 heterocycles. The van der Waals surface area contributed by atoms with E-state index in [0.717, 1.165) is 11.1 Å². The van der Waals surface area contributed by atoms with Gasteiger partial charge < -0.3 is 9.42 Å². The summed E-state index contributed by atoms with van der Waals surface area (Å²) in [6.07, 6.45) is 0. The molecule has 0 unspecified atom stereocenters. The van der Waals surface area contributed by atoms with Crippen LogP contribution in [0, 0.1) is 0 Å². The van der Waals surface area contributed by atoms with Crippen molar-refractivity contribution in [3.63, 3.8) is 0 Å². The van der Waals surface area contributed by atoms with E-state index < -0.39 is 10.0 Å². The molecular weight excluding hydrogens is 366 g/mol. The van der Waals surface area contributed by atoms with Crippen molar-refractivity contribution in [1.29, 1.82) is 0 Å². The van der Waals surface area contributed by atoms with Crippen LogP contribution in [0.1, 0.15) is 29.0 Å². The van der Waals surface area contributed by atoms with Crippen LogP contribution in [0.2, 0.25) is 0 Å². The first-order chi connectivity index (χ1) is 12.8. The van der Waals surface area contributed by atoms with Gasteiger partial charge >= 0.3 is 0 Å². The third-order valence-electron chi connectivity index (χ3n) is 4.38. The van der Waals surface area contributed by atoms with Crippen molar-refractivity contribution in [2.45, 2.75) is 17.9 Å². The summed E-state index contributed by atoms with van der Waals surface area (Å²) in [4.78, 5) is 14.3. The summed E-state index contributed by atoms with van der Waals surface area (Å²) in [6.45, 7) is 1.84. The molecule has 0 fully saturated rings. The minimum Gasteiger partial charge on any atom is -0.355 e. The average Bonchev–Trinajstić information content (AvgIpc) is 3.16. The molecule has 1 amide bonds. The molecule has 27 heavy (non-hydrogen) atoms. The number of rotatable bonds is 5. The number of sulfonamides is 1. The van der Waals surface area contributed by atoms with Gasteiger partial charge in [-0.1, -0.05) is 47.6 Å². The van der Waals surface area contributed by atoms with E-state index in [1.807, 2.05) is 37.3 Å². The zero-order valence-electron chi connectivity index (χ0n) is 14.9. The van der Waals surface area contributed by atoms with Crippen LogP contribution < -0.4 is 5.14 Å². The van der Waals surface area contributed by atoms with Crippen LogP contribution in [-0.4, -0.2) is 31.4 Å². The molecule has 3 rings (SSSR count). The monoisotopic (exact) mass is 385 g/mol. The Kier molecular flexibility index (Phi) is 5.11. The first-order valence-corrected chi connectivity index (χ1v) is 9.74. The van der Waals surface area contributed by atoms with Gasteiger partial charge in [-0.3, -0.25) is 4.79 Å². The zero-order chi connectivity index (χ0) is 19.6. The first-order valence-electron chi connectivity index (χ1n) is 8.19. The molecule has 2 aromatic carbocycles. The Bertz CT molecular complexity index is 1040. The number of amides is 1. The van der Waals surface area contributed by atoms with Gasteiger partial charge in [0.15, 0.2) is 11.5 Å². The number of carbonyl (C=O) groups is 1. The van der Waals surface area contributed by atoms with Crippen molar-refractivity contribution in [2.75, 3.05) is 7.05 Å². The van der Waals surface area contributed by atoms with Gasteiger partial charge in [0.2, 0.25) is 10.0 Å². The average molecular weight is 385 g/mol. The highest BCUT2D eigenvalue weighted by Gasteiger charge is 2.23. The molecule has 0 saturated heterocycles. The van der Waals surface area contributed by atoms with Gasteiger partial charge in [-0.2, -0.15) is 0 Å². The van der Waals surface area contributed by atoms with Crippen LogP contribution >= 0.6 is 0 Å². The molecule has 0 aliphatic rings. The first kappa shape index (κ1) is 18.8. The fourth-order valence-corrected chi connectivity index (χ4v) is 3.15. The number of benzene rings is 2. The van der Waals surface area contributed by atoms with Gasteiger partial charge in [0.1, 0.15) is 0 Å². The fraction of sp³-hybridized carbons (Fsp3) is 0.158. The Labute approximate surface area is 157 Å². The highest BCUT2D eigenvalue weighted by atomic mass is 32.2. The summed E-state index contributed by atoms with van der Waals surface area (Å²) in [5.41, 5.74) is 1.80. The second-order valence-electron chi connectivity index (χ2n) is 6.15. The van der Waals surface area contributed by atoms with Crippen LogP contribution in [0.4, 0.5) is 0 Å². The third-order valence-corrected chi connectivity index (χ3v) is 5.31. The normalized spacial score (nSPS) is 12.6. The molecular formula is C19H19N3O4S. The van der Waals surface area contributed by atoms with Crippen molar-refractivity contribution >= 4 is 15.9 Å². The van der Waals surface area contributed by atoms with Gasteiger partial charge in [-0.25, -0.2) is 13.6 Å². The molecule has 0 spiro atoms. The molecule has 8 heteroatoms. The topological polar surface area (TPSA) is 106 Å². The summed E-state index contributed by atoms with van der Waals surface area (Å²) >= 11 is 0. The van der Waals surface area contributed by atoms with Crippen LogP contribution in [-0.2, 0) is 10.0 Å². The molecule has 1 aromatic heterocycles. The molecule has 3 aromatic rings. The van der Waals surface area contributed by atoms with E-state index in [-0.39, 0.29) is 22.5 Å². The van der Waals surface area contributed by atoms with E-state index in [2.05, 4.69) is 5.16 Å². The number of nitrogens with zero attached hydrogens (tertiary/aromatic N) is 2. The molecule has 0 bridgehead atoms. The van der Waals surface area contributed by atoms with Crippen LogP contribution in [0.5, 0.6) is 0 Å². The highest BCUT2D eigenvalue weighted by molar-refractivity contribution is 7.89. The lowest BCUT2D eigenvalue weighted by atomic mass is 10.1. The summed E-state index contributed by atoms with van der Waals surface area (Å²) < 4.78 is 28.0. The predicted molar refractivity (Wildman–Crippen MR) is 100 cm³/mol. The SMILES string of the molecule is C[C@@H](c1ccc(S(N)(=O)=O)cc1)N(C)C(=O)c1cc(-c2ccccc2)on1. The molecule has 2 N–H and O–H groups in total. The molecule has 0 aliphatic heterocycles. The fourth-order valence-electron chi connectivity index (χ4n) is 2.63. The minimum atomic E-state index is -3.75. The van der Waals surface area contributed by atoms with E-state index >= 15 is 0 Å². The molecule has 140 valence electrons. The summed E-state index contributed by atoms with van der Waals surface area (Å²) in [6, 6.07) is 16.8. The van der Waals surface area contributed by atoms with E-state index in [9.17, 15) is 13.2 Å². The number of primary sulfonamides is 1. The molecule has 0 radical (unpaired) electrons. The Morgan fingerprint density at radius 2 is 1.74 bits per heavy atom. The summed E-state index contributed by atoms with van der Waals surface area (Å²) in [7, 11) is -2.10. The largest absolute Gasteiger partial charge is 0.355 e. The number of carbonyl (C=O) groups excluding carboxylic acids is 1. The standard InChI is InChI=1S/C19H19N3O4S/c1-13(14-8-10-16(11-9-14)27(20,24)25)22(2)19(23)17-12-18(26-21-17)15-6-4-3-5-7-15/h3-13H,1-2H3,(H2,20,24,25)/t13-/m0/s1. The second-order valence-corrected chi connectivity index (χ2v) is 7.71. The number of hydrogen-bond donors (Lipinski definition) is 1. The van der Waals surface area contributed by atoms with Crippen LogP contribution in [0.3, 0.4) is 0 Å². The number of aromatic nitrogens is 1. The molecule has 0 aliphatic carbocycles. The maximum atomic E-state index is 12.7. The predicted octanol–water partition coefficient (Wildman–Crippen LogP) is 2.82. The zero-order valence-corrected chi connectivity index (χ0v) is 15.7. The van der Waals surface area contributed by atoms with Gasteiger partial charge in [0, 0.05) is 18.7 Å². The lowest BCUT2D eigenvalue weighted by Gasteiger charge is -2.24. The van der Waals surface area contributed by atoms with Gasteiger partial charge in [0.25, 0.3) is 5.91 Å². The Morgan fingerprint density at radius 3 is 2.33 bits per heavy atom. The lowest BCUT2D eigenvalue weighted by Crippen LogP contribution is -2.29. The highest BCUT2D eigenvalue weighted by Crippen LogP contribution is 2.24. The number of hydrogen-bond acceptors (Lipinski definition) is 5. The minimum absolute atomic E-state index is 0.0245. The van der Waals surface area contributed by atoms with Crippen molar-refractivity contribution in [2.24, 2.45) is 5.14 Å². The van der Waals surface area contributed by atoms with E-state index in [0.29, 0.717) is 5.76 Å². The quantitative estimate of drug-likeness (QED) is 0.727. The smallest absolute Gasteiger partial charge is 0.276 e. The van der Waals surface area contributed by atoms with Crippen molar-refractivity contribution in [3.05, 3.63) is 71.9 Å². The van der Waals surface area contributed by atoms with Gasteiger partial charge in [0.05, 0.1) is 10.9 Å². The maximum Gasteiger partial charge on any atom is 0.276 e. The Morgan fingerprint density at radius 1 is 1.11 bits per heavy atom. The van der Waals surface area contributed by atoms with Gasteiger partial charge in [-0.05, 0) is 24.6 Å². The van der Waals surface area contributed by atoms with Crippen LogP contribution in [0.15, 0.2) is 70.1 Å². The molecule has 1 atom stereocenters.